The Morgan fingerprint density at radius 3 is 2.90 bits per heavy atom. The van der Waals surface area contributed by atoms with Crippen molar-refractivity contribution in [3.8, 4) is 0 Å². The van der Waals surface area contributed by atoms with E-state index in [0.29, 0.717) is 5.41 Å². The Morgan fingerprint density at radius 2 is 2.40 bits per heavy atom. The van der Waals surface area contributed by atoms with E-state index in [2.05, 4.69) is 24.4 Å². The first kappa shape index (κ1) is 6.41. The van der Waals surface area contributed by atoms with Crippen molar-refractivity contribution in [1.29, 1.82) is 0 Å². The largest absolute Gasteiger partial charge is 0.149 e. The van der Waals surface area contributed by atoms with Crippen LogP contribution in [0, 0.1) is 5.41 Å². The molecule has 1 aromatic heterocycles. The molecule has 0 aromatic carbocycles. The Hall–Kier alpha value is -0.300. The molecule has 0 N–H and O–H groups in total. The van der Waals surface area contributed by atoms with Crippen LogP contribution in [-0.2, 0) is 6.42 Å². The van der Waals surface area contributed by atoms with Crippen molar-refractivity contribution in [2.75, 3.05) is 0 Å². The van der Waals surface area contributed by atoms with Gasteiger partial charge in [0.1, 0.15) is 0 Å². The van der Waals surface area contributed by atoms with Crippen LogP contribution >= 0.6 is 11.3 Å². The van der Waals surface area contributed by atoms with E-state index in [1.54, 1.807) is 4.88 Å². The van der Waals surface area contributed by atoms with Gasteiger partial charge < -0.3 is 0 Å². The Balaban J connectivity index is 2.04. The standard InChI is InChI=1S/C9H12S/c1-9(4-5-9)7-8-3-2-6-10-8/h2-3,6H,4-5,7H2,1H3. The van der Waals surface area contributed by atoms with E-state index < -0.39 is 0 Å². The lowest BCUT2D eigenvalue weighted by atomic mass is 10.1. The summed E-state index contributed by atoms with van der Waals surface area (Å²) in [5, 5.41) is 2.17. The predicted molar refractivity (Wildman–Crippen MR) is 45.4 cm³/mol. The Morgan fingerprint density at radius 1 is 1.60 bits per heavy atom. The van der Waals surface area contributed by atoms with Crippen LogP contribution in [0.2, 0.25) is 0 Å². The van der Waals surface area contributed by atoms with Gasteiger partial charge in [0.05, 0.1) is 0 Å². The summed E-state index contributed by atoms with van der Waals surface area (Å²) >= 11 is 1.89. The van der Waals surface area contributed by atoms with E-state index in [4.69, 9.17) is 0 Å². The highest BCUT2D eigenvalue weighted by atomic mass is 32.1. The minimum atomic E-state index is 0.685. The van der Waals surface area contributed by atoms with Gasteiger partial charge in [0.25, 0.3) is 0 Å². The molecule has 1 aliphatic rings. The summed E-state index contributed by atoms with van der Waals surface area (Å²) in [5.41, 5.74) is 0.685. The molecule has 1 aromatic rings. The topological polar surface area (TPSA) is 0 Å². The molecule has 0 radical (unpaired) electrons. The smallest absolute Gasteiger partial charge is 0.00506 e. The van der Waals surface area contributed by atoms with Gasteiger partial charge in [-0.1, -0.05) is 13.0 Å². The SMILES string of the molecule is CC1(Cc2cccs2)CC1. The van der Waals surface area contributed by atoms with E-state index in [9.17, 15) is 0 Å². The van der Waals surface area contributed by atoms with Crippen LogP contribution in [-0.4, -0.2) is 0 Å². The third-order valence-electron chi connectivity index (χ3n) is 2.28. The number of thiophene rings is 1. The van der Waals surface area contributed by atoms with Crippen LogP contribution in [0.4, 0.5) is 0 Å². The third kappa shape index (κ3) is 1.24. The first-order chi connectivity index (χ1) is 4.79. The highest BCUT2D eigenvalue weighted by molar-refractivity contribution is 7.09. The van der Waals surface area contributed by atoms with Crippen LogP contribution < -0.4 is 0 Å². The summed E-state index contributed by atoms with van der Waals surface area (Å²) < 4.78 is 0. The maximum atomic E-state index is 2.38. The average molecular weight is 152 g/mol. The molecule has 54 valence electrons. The summed E-state index contributed by atoms with van der Waals surface area (Å²) in [4.78, 5) is 1.56. The average Bonchev–Trinajstić information content (AvgIpc) is 2.47. The molecule has 0 nitrogen and oxygen atoms in total. The molecule has 0 unspecified atom stereocenters. The minimum Gasteiger partial charge on any atom is -0.149 e. The molecule has 0 aliphatic heterocycles. The summed E-state index contributed by atoms with van der Waals surface area (Å²) in [5.74, 6) is 0. The molecular formula is C9H12S. The summed E-state index contributed by atoms with van der Waals surface area (Å²) in [6.45, 7) is 2.38. The first-order valence-electron chi connectivity index (χ1n) is 3.81. The second-order valence-corrected chi connectivity index (χ2v) is 4.60. The highest BCUT2D eigenvalue weighted by Crippen LogP contribution is 2.48. The highest BCUT2D eigenvalue weighted by Gasteiger charge is 2.37. The molecule has 0 atom stereocenters. The van der Waals surface area contributed by atoms with Gasteiger partial charge in [-0.3, -0.25) is 0 Å². The van der Waals surface area contributed by atoms with E-state index >= 15 is 0 Å². The molecule has 0 bridgehead atoms. The molecule has 2 rings (SSSR count). The van der Waals surface area contributed by atoms with Crippen molar-refractivity contribution in [3.63, 3.8) is 0 Å². The fourth-order valence-electron chi connectivity index (χ4n) is 1.22. The van der Waals surface area contributed by atoms with Gasteiger partial charge >= 0.3 is 0 Å². The van der Waals surface area contributed by atoms with Crippen molar-refractivity contribution in [1.82, 2.24) is 0 Å². The molecule has 0 spiro atoms. The Bertz CT molecular complexity index is 207. The van der Waals surface area contributed by atoms with Crippen molar-refractivity contribution < 1.29 is 0 Å². The van der Waals surface area contributed by atoms with Crippen molar-refractivity contribution in [2.45, 2.75) is 26.2 Å². The van der Waals surface area contributed by atoms with E-state index in [1.807, 2.05) is 11.3 Å². The summed E-state index contributed by atoms with van der Waals surface area (Å²) in [6.07, 6.45) is 4.18. The van der Waals surface area contributed by atoms with Crippen LogP contribution in [0.15, 0.2) is 17.5 Å². The van der Waals surface area contributed by atoms with E-state index in [1.165, 1.54) is 19.3 Å². The summed E-state index contributed by atoms with van der Waals surface area (Å²) in [6, 6.07) is 4.39. The van der Waals surface area contributed by atoms with Gasteiger partial charge in [-0.05, 0) is 36.1 Å². The summed E-state index contributed by atoms with van der Waals surface area (Å²) in [7, 11) is 0. The minimum absolute atomic E-state index is 0.685. The van der Waals surface area contributed by atoms with Crippen LogP contribution in [0.5, 0.6) is 0 Å². The molecule has 1 saturated carbocycles. The molecule has 0 saturated heterocycles. The van der Waals surface area contributed by atoms with Crippen LogP contribution in [0.25, 0.3) is 0 Å². The fraction of sp³-hybridized carbons (Fsp3) is 0.556. The molecular weight excluding hydrogens is 140 g/mol. The number of rotatable bonds is 2. The molecule has 10 heavy (non-hydrogen) atoms. The van der Waals surface area contributed by atoms with Crippen LogP contribution in [0.3, 0.4) is 0 Å². The molecule has 1 fully saturated rings. The molecule has 1 aliphatic carbocycles. The monoisotopic (exact) mass is 152 g/mol. The first-order valence-corrected chi connectivity index (χ1v) is 4.69. The Kier molecular flexibility index (Phi) is 1.34. The number of hydrogen-bond acceptors (Lipinski definition) is 1. The molecule has 1 heterocycles. The number of hydrogen-bond donors (Lipinski definition) is 0. The van der Waals surface area contributed by atoms with Gasteiger partial charge in [-0.15, -0.1) is 11.3 Å². The zero-order valence-electron chi connectivity index (χ0n) is 6.26. The van der Waals surface area contributed by atoms with Crippen LogP contribution in [0.1, 0.15) is 24.6 Å². The maximum absolute atomic E-state index is 2.38. The lowest BCUT2D eigenvalue weighted by Gasteiger charge is -2.03. The second kappa shape index (κ2) is 2.09. The second-order valence-electron chi connectivity index (χ2n) is 3.57. The van der Waals surface area contributed by atoms with Crippen molar-refractivity contribution in [3.05, 3.63) is 22.4 Å². The van der Waals surface area contributed by atoms with Gasteiger partial charge in [-0.2, -0.15) is 0 Å². The predicted octanol–water partition coefficient (Wildman–Crippen LogP) is 3.09. The zero-order valence-corrected chi connectivity index (χ0v) is 7.08. The molecule has 1 heteroatoms. The van der Waals surface area contributed by atoms with Gasteiger partial charge in [0.15, 0.2) is 0 Å². The van der Waals surface area contributed by atoms with E-state index in [0.717, 1.165) is 0 Å². The van der Waals surface area contributed by atoms with Gasteiger partial charge in [-0.25, -0.2) is 0 Å². The molecule has 0 amide bonds. The lowest BCUT2D eigenvalue weighted by molar-refractivity contribution is 0.576. The lowest BCUT2D eigenvalue weighted by Crippen LogP contribution is -1.95. The zero-order chi connectivity index (χ0) is 7.03. The third-order valence-corrected chi connectivity index (χ3v) is 3.16. The Labute approximate surface area is 65.9 Å². The normalized spacial score (nSPS) is 20.9. The van der Waals surface area contributed by atoms with Gasteiger partial charge in [0, 0.05) is 4.88 Å². The van der Waals surface area contributed by atoms with E-state index in [-0.39, 0.29) is 0 Å². The van der Waals surface area contributed by atoms with Crippen molar-refractivity contribution in [2.24, 2.45) is 5.41 Å². The fourth-order valence-corrected chi connectivity index (χ4v) is 2.14. The maximum Gasteiger partial charge on any atom is 0.00506 e. The quantitative estimate of drug-likeness (QED) is 0.611. The van der Waals surface area contributed by atoms with Gasteiger partial charge in [0.2, 0.25) is 0 Å². The van der Waals surface area contributed by atoms with Crippen molar-refractivity contribution >= 4 is 11.3 Å².